The summed E-state index contributed by atoms with van der Waals surface area (Å²) in [5.74, 6) is 1.04. The predicted octanol–water partition coefficient (Wildman–Crippen LogP) is 1.56. The number of hydrogen-bond acceptors (Lipinski definition) is 3. The molecule has 4 heteroatoms. The fourth-order valence-corrected chi connectivity index (χ4v) is 2.44. The number of para-hydroxylation sites is 1. The van der Waals surface area contributed by atoms with E-state index in [1.165, 1.54) is 5.56 Å². The van der Waals surface area contributed by atoms with Gasteiger partial charge in [0.15, 0.2) is 0 Å². The Morgan fingerprint density at radius 2 is 2.26 bits per heavy atom. The van der Waals surface area contributed by atoms with Crippen LogP contribution in [0.1, 0.15) is 11.3 Å². The van der Waals surface area contributed by atoms with Gasteiger partial charge in [0.25, 0.3) is 0 Å². The Balaban J connectivity index is 1.40. The van der Waals surface area contributed by atoms with E-state index in [2.05, 4.69) is 28.6 Å². The van der Waals surface area contributed by atoms with Crippen molar-refractivity contribution >= 4 is 0 Å². The monoisotopic (exact) mass is 257 g/mol. The third-order valence-corrected chi connectivity index (χ3v) is 3.41. The van der Waals surface area contributed by atoms with E-state index >= 15 is 0 Å². The van der Waals surface area contributed by atoms with Gasteiger partial charge >= 0.3 is 0 Å². The van der Waals surface area contributed by atoms with E-state index in [4.69, 9.17) is 4.74 Å². The van der Waals surface area contributed by atoms with Crippen molar-refractivity contribution in [2.45, 2.75) is 18.9 Å². The number of nitrogens with zero attached hydrogens (tertiary/aromatic N) is 2. The van der Waals surface area contributed by atoms with Crippen LogP contribution >= 0.6 is 0 Å². The topological polar surface area (TPSA) is 39.1 Å². The molecule has 1 N–H and O–H groups in total. The molecule has 1 unspecified atom stereocenters. The molecule has 3 rings (SSSR count). The van der Waals surface area contributed by atoms with E-state index in [-0.39, 0.29) is 6.10 Å². The minimum atomic E-state index is 0.265. The number of aryl methyl sites for hydroxylation is 1. The molecule has 1 aromatic carbocycles. The van der Waals surface area contributed by atoms with Crippen LogP contribution in [0.15, 0.2) is 36.5 Å². The van der Waals surface area contributed by atoms with Crippen LogP contribution in [0.25, 0.3) is 0 Å². The molecule has 2 heterocycles. The fourth-order valence-electron chi connectivity index (χ4n) is 2.44. The second kappa shape index (κ2) is 5.45. The molecule has 1 aliphatic heterocycles. The summed E-state index contributed by atoms with van der Waals surface area (Å²) in [7, 11) is 1.94. The SMILES string of the molecule is Cn1ccc(CCNCC2Cc3ccccc3O2)n1. The van der Waals surface area contributed by atoms with Gasteiger partial charge in [-0.15, -0.1) is 0 Å². The summed E-state index contributed by atoms with van der Waals surface area (Å²) in [6, 6.07) is 10.3. The normalized spacial score (nSPS) is 17.2. The number of aromatic nitrogens is 2. The minimum absolute atomic E-state index is 0.265. The molecule has 4 nitrogen and oxygen atoms in total. The van der Waals surface area contributed by atoms with Crippen LogP contribution in [0.2, 0.25) is 0 Å². The zero-order chi connectivity index (χ0) is 13.1. The van der Waals surface area contributed by atoms with Crippen molar-refractivity contribution in [2.24, 2.45) is 7.05 Å². The van der Waals surface area contributed by atoms with Crippen molar-refractivity contribution in [2.75, 3.05) is 13.1 Å². The van der Waals surface area contributed by atoms with Crippen molar-refractivity contribution in [3.8, 4) is 5.75 Å². The lowest BCUT2D eigenvalue weighted by Crippen LogP contribution is -2.31. The maximum absolute atomic E-state index is 5.88. The molecule has 0 bridgehead atoms. The van der Waals surface area contributed by atoms with Crippen molar-refractivity contribution < 1.29 is 4.74 Å². The third kappa shape index (κ3) is 2.96. The molecule has 0 saturated heterocycles. The van der Waals surface area contributed by atoms with Crippen LogP contribution in [0.5, 0.6) is 5.75 Å². The maximum atomic E-state index is 5.88. The van der Waals surface area contributed by atoms with Crippen LogP contribution < -0.4 is 10.1 Å². The molecule has 2 aromatic rings. The first-order valence-corrected chi connectivity index (χ1v) is 6.75. The molecule has 1 aromatic heterocycles. The van der Waals surface area contributed by atoms with Gasteiger partial charge < -0.3 is 10.1 Å². The molecule has 0 saturated carbocycles. The lowest BCUT2D eigenvalue weighted by molar-refractivity contribution is 0.228. The van der Waals surface area contributed by atoms with Gasteiger partial charge in [-0.1, -0.05) is 18.2 Å². The van der Waals surface area contributed by atoms with Crippen LogP contribution in [0.4, 0.5) is 0 Å². The maximum Gasteiger partial charge on any atom is 0.123 e. The number of fused-ring (bicyclic) bond motifs is 1. The molecule has 0 radical (unpaired) electrons. The number of nitrogens with one attached hydrogen (secondary N) is 1. The number of rotatable bonds is 5. The summed E-state index contributed by atoms with van der Waals surface area (Å²) in [5.41, 5.74) is 2.45. The van der Waals surface area contributed by atoms with Crippen LogP contribution in [0, 0.1) is 0 Å². The first-order valence-electron chi connectivity index (χ1n) is 6.75. The first kappa shape index (κ1) is 12.2. The minimum Gasteiger partial charge on any atom is -0.488 e. The Labute approximate surface area is 113 Å². The Bertz CT molecular complexity index is 525. The van der Waals surface area contributed by atoms with E-state index in [0.29, 0.717) is 0 Å². The van der Waals surface area contributed by atoms with E-state index in [0.717, 1.165) is 37.4 Å². The second-order valence-electron chi connectivity index (χ2n) is 4.99. The smallest absolute Gasteiger partial charge is 0.123 e. The fraction of sp³-hybridized carbons (Fsp3) is 0.400. The van der Waals surface area contributed by atoms with Crippen LogP contribution in [-0.4, -0.2) is 29.0 Å². The van der Waals surface area contributed by atoms with Crippen molar-refractivity contribution in [1.29, 1.82) is 0 Å². The Hall–Kier alpha value is -1.81. The van der Waals surface area contributed by atoms with Crippen molar-refractivity contribution in [3.63, 3.8) is 0 Å². The quantitative estimate of drug-likeness (QED) is 0.826. The van der Waals surface area contributed by atoms with Gasteiger partial charge in [0.2, 0.25) is 0 Å². The number of benzene rings is 1. The lowest BCUT2D eigenvalue weighted by Gasteiger charge is -2.11. The van der Waals surface area contributed by atoms with Gasteiger partial charge in [-0.25, -0.2) is 0 Å². The average molecular weight is 257 g/mol. The molecule has 100 valence electrons. The van der Waals surface area contributed by atoms with E-state index in [1.807, 2.05) is 30.1 Å². The molecule has 1 aliphatic rings. The molecule has 1 atom stereocenters. The molecular weight excluding hydrogens is 238 g/mol. The molecule has 0 amide bonds. The summed E-state index contributed by atoms with van der Waals surface area (Å²) in [6.45, 7) is 1.83. The molecule has 0 spiro atoms. The van der Waals surface area contributed by atoms with Crippen LogP contribution in [-0.2, 0) is 19.9 Å². The van der Waals surface area contributed by atoms with Gasteiger partial charge in [0.1, 0.15) is 11.9 Å². The molecule has 0 fully saturated rings. The number of ether oxygens (including phenoxy) is 1. The van der Waals surface area contributed by atoms with Crippen molar-refractivity contribution in [1.82, 2.24) is 15.1 Å². The Kier molecular flexibility index (Phi) is 3.51. The number of hydrogen-bond donors (Lipinski definition) is 1. The molecular formula is C15H19N3O. The Morgan fingerprint density at radius 3 is 3.05 bits per heavy atom. The van der Waals surface area contributed by atoms with E-state index < -0.39 is 0 Å². The third-order valence-electron chi connectivity index (χ3n) is 3.41. The highest BCUT2D eigenvalue weighted by Gasteiger charge is 2.21. The summed E-state index contributed by atoms with van der Waals surface area (Å²) >= 11 is 0. The van der Waals surface area contributed by atoms with E-state index in [9.17, 15) is 0 Å². The van der Waals surface area contributed by atoms with E-state index in [1.54, 1.807) is 0 Å². The average Bonchev–Trinajstić information content (AvgIpc) is 3.00. The highest BCUT2D eigenvalue weighted by atomic mass is 16.5. The van der Waals surface area contributed by atoms with Gasteiger partial charge in [-0.05, 0) is 17.7 Å². The summed E-state index contributed by atoms with van der Waals surface area (Å²) < 4.78 is 7.72. The van der Waals surface area contributed by atoms with Gasteiger partial charge in [0.05, 0.1) is 5.69 Å². The highest BCUT2D eigenvalue weighted by Crippen LogP contribution is 2.27. The zero-order valence-corrected chi connectivity index (χ0v) is 11.2. The standard InChI is InChI=1S/C15H19N3O/c1-18-9-7-13(17-18)6-8-16-11-14-10-12-4-2-3-5-15(12)19-14/h2-5,7,9,14,16H,6,8,10-11H2,1H3. The summed E-state index contributed by atoms with van der Waals surface area (Å²) in [5, 5.41) is 7.80. The largest absolute Gasteiger partial charge is 0.488 e. The van der Waals surface area contributed by atoms with Crippen molar-refractivity contribution in [3.05, 3.63) is 47.8 Å². The van der Waals surface area contributed by atoms with Gasteiger partial charge in [-0.3, -0.25) is 4.68 Å². The highest BCUT2D eigenvalue weighted by molar-refractivity contribution is 5.37. The van der Waals surface area contributed by atoms with Crippen LogP contribution in [0.3, 0.4) is 0 Å². The Morgan fingerprint density at radius 1 is 1.37 bits per heavy atom. The first-order chi connectivity index (χ1) is 9.31. The summed E-state index contributed by atoms with van der Waals surface area (Å²) in [6.07, 6.45) is 4.21. The molecule has 19 heavy (non-hydrogen) atoms. The lowest BCUT2D eigenvalue weighted by atomic mass is 10.1. The predicted molar refractivity (Wildman–Crippen MR) is 74.3 cm³/mol. The zero-order valence-electron chi connectivity index (χ0n) is 11.2. The summed E-state index contributed by atoms with van der Waals surface area (Å²) in [4.78, 5) is 0. The molecule has 0 aliphatic carbocycles. The second-order valence-corrected chi connectivity index (χ2v) is 4.99. The van der Waals surface area contributed by atoms with Gasteiger partial charge in [0, 0.05) is 39.2 Å². The van der Waals surface area contributed by atoms with Gasteiger partial charge in [-0.2, -0.15) is 5.10 Å².